The van der Waals surface area contributed by atoms with Gasteiger partial charge in [-0.25, -0.2) is 0 Å². The summed E-state index contributed by atoms with van der Waals surface area (Å²) in [6.07, 6.45) is 33.1. The van der Waals surface area contributed by atoms with Gasteiger partial charge in [-0.05, 0) is 257 Å². The Labute approximate surface area is 710 Å². The third kappa shape index (κ3) is 39.5. The largest absolute Gasteiger partial charge is 0.493 e. The van der Waals surface area contributed by atoms with Gasteiger partial charge in [-0.2, -0.15) is 0 Å². The summed E-state index contributed by atoms with van der Waals surface area (Å²) in [5, 5.41) is 10.3. The van der Waals surface area contributed by atoms with Crippen LogP contribution in [0.15, 0.2) is 91.0 Å². The maximum Gasteiger partial charge on any atom is 0.161 e. The van der Waals surface area contributed by atoms with E-state index in [1.54, 1.807) is 71.1 Å². The van der Waals surface area contributed by atoms with E-state index in [4.69, 9.17) is 71.1 Å². The number of nitrogens with one attached hydrogen (secondary N) is 3. The second-order valence-electron chi connectivity index (χ2n) is 30.6. The van der Waals surface area contributed by atoms with Gasteiger partial charge in [-0.15, -0.1) is 0 Å². The highest BCUT2D eigenvalue weighted by molar-refractivity contribution is 5.84. The number of likely N-dealkylation sites (N-methyl/N-ethyl adjacent to an activating group) is 1. The van der Waals surface area contributed by atoms with E-state index in [9.17, 15) is 14.4 Å². The standard InChI is InChI=1S/C20H33NO3.C17H27NO3.3C16H22O4.C5H11N.C5H12.CH5N/c1-4-5-13-21-17-8-6-7-9-18(17)24-14-12-16-10-11-19(22-2)20(15-16)23-3;1-18-14-6-4-5-7-15(14)21-11-10-13-8-9-16(19-2)17(12-13)20-3;3*1-18-15-8-7-12(11-16(15)19-2)9-10-20-14-6-4-3-5-13(14)17;1-5-2-3-6-4-5;1-3-5-4-2;1-2/h10-11,15,17-18,21H,4-9,12-14H2,1-3H3;8-9,12,14-15,18H,4-7,10-11H2,1-3H3;3*7-8,11,14H,3-6,9-10H2,1-2H3;5-6H,2-4H2,1H3;3-5H2,1-2H3;2H2,1H3. The number of hydrogen-bond acceptors (Lipinski definition) is 22. The molecule has 6 aliphatic rings. The molecule has 6 fully saturated rings. The molecule has 5 aromatic carbocycles. The van der Waals surface area contributed by atoms with Crippen LogP contribution in [-0.4, -0.2) is 198 Å². The second kappa shape index (κ2) is 63.7. The molecule has 666 valence electrons. The zero-order valence-electron chi connectivity index (χ0n) is 75.3. The summed E-state index contributed by atoms with van der Waals surface area (Å²) in [6, 6.07) is 30.7. The van der Waals surface area contributed by atoms with Gasteiger partial charge in [0, 0.05) is 31.3 Å². The Morgan fingerprint density at radius 1 is 0.347 bits per heavy atom. The molecule has 1 saturated heterocycles. The molecule has 0 spiro atoms. The molecule has 8 unspecified atom stereocenters. The number of carbonyl (C=O) groups excluding carboxylic acids is 3. The normalized spacial score (nSPS) is 19.9. The zero-order valence-corrected chi connectivity index (χ0v) is 75.3. The highest BCUT2D eigenvalue weighted by atomic mass is 16.5. The van der Waals surface area contributed by atoms with E-state index in [0.717, 1.165) is 196 Å². The molecular weight excluding hydrogens is 1500 g/mol. The molecule has 5 saturated carbocycles. The molecule has 8 atom stereocenters. The number of ketones is 3. The summed E-state index contributed by atoms with van der Waals surface area (Å²) in [5.74, 6) is 9.13. The average molecular weight is 1650 g/mol. The zero-order chi connectivity index (χ0) is 85.9. The van der Waals surface area contributed by atoms with Gasteiger partial charge in [0.15, 0.2) is 74.8 Å². The summed E-state index contributed by atoms with van der Waals surface area (Å²) in [4.78, 5) is 35.0. The summed E-state index contributed by atoms with van der Waals surface area (Å²) in [7, 11) is 19.9. The molecule has 11 rings (SSSR count). The first-order valence-electron chi connectivity index (χ1n) is 44.0. The lowest BCUT2D eigenvalue weighted by Gasteiger charge is -2.32. The number of hydrogen-bond donors (Lipinski definition) is 4. The predicted molar refractivity (Wildman–Crippen MR) is 474 cm³/mol. The number of nitrogens with two attached hydrogens (primary N) is 1. The van der Waals surface area contributed by atoms with E-state index in [1.807, 2.05) is 85.9 Å². The van der Waals surface area contributed by atoms with Gasteiger partial charge >= 0.3 is 0 Å². The number of rotatable bonds is 37. The highest BCUT2D eigenvalue weighted by Gasteiger charge is 2.28. The van der Waals surface area contributed by atoms with Crippen LogP contribution in [0.3, 0.4) is 0 Å². The number of ether oxygens (including phenoxy) is 15. The molecule has 0 aromatic heterocycles. The molecule has 0 bridgehead atoms. The van der Waals surface area contributed by atoms with E-state index in [0.29, 0.717) is 63.4 Å². The van der Waals surface area contributed by atoms with Crippen molar-refractivity contribution in [3.05, 3.63) is 119 Å². The maximum absolute atomic E-state index is 11.7. The van der Waals surface area contributed by atoms with Gasteiger partial charge in [0.1, 0.15) is 18.3 Å². The van der Waals surface area contributed by atoms with Crippen molar-refractivity contribution in [3.8, 4) is 57.5 Å². The van der Waals surface area contributed by atoms with Crippen molar-refractivity contribution in [3.63, 3.8) is 0 Å². The topological polar surface area (TPSA) is 252 Å². The third-order valence-corrected chi connectivity index (χ3v) is 22.0. The second-order valence-corrected chi connectivity index (χ2v) is 30.6. The van der Waals surface area contributed by atoms with Crippen LogP contribution in [0.4, 0.5) is 0 Å². The lowest BCUT2D eigenvalue weighted by molar-refractivity contribution is -0.133. The molecule has 22 heteroatoms. The summed E-state index contributed by atoms with van der Waals surface area (Å²) in [6.45, 7) is 15.7. The van der Waals surface area contributed by atoms with E-state index in [-0.39, 0.29) is 35.7 Å². The lowest BCUT2D eigenvalue weighted by atomic mass is 9.92. The monoisotopic (exact) mass is 1650 g/mol. The van der Waals surface area contributed by atoms with Gasteiger partial charge in [0.25, 0.3) is 0 Å². The smallest absolute Gasteiger partial charge is 0.161 e. The summed E-state index contributed by atoms with van der Waals surface area (Å²) < 4.78 is 82.1. The number of unbranched alkanes of at least 4 members (excludes halogenated alkanes) is 3. The van der Waals surface area contributed by atoms with Gasteiger partial charge in [0.2, 0.25) is 0 Å². The molecule has 1 heterocycles. The van der Waals surface area contributed by atoms with Crippen LogP contribution in [0.2, 0.25) is 0 Å². The van der Waals surface area contributed by atoms with Gasteiger partial charge < -0.3 is 92.7 Å². The van der Waals surface area contributed by atoms with Crippen LogP contribution in [0.5, 0.6) is 57.5 Å². The first-order chi connectivity index (χ1) is 57.6. The molecule has 22 nitrogen and oxygen atoms in total. The SMILES string of the molecule is CC1CCNC1.CCCCC.CCCCNC1CCCCC1OCCc1ccc(OC)c(OC)c1.CN.CNC1CCCCC1OCCc1ccc(OC)c(OC)c1.COc1ccc(CCOC2CCCCC2=O)cc1OC.COc1ccc(CCOC2CCCCC2=O)cc1OC.COc1ccc(CCOC2CCCCC2=O)cc1OC. The van der Waals surface area contributed by atoms with Crippen molar-refractivity contribution < 1.29 is 85.4 Å². The van der Waals surface area contributed by atoms with Crippen LogP contribution < -0.4 is 69.1 Å². The van der Waals surface area contributed by atoms with Crippen molar-refractivity contribution >= 4 is 17.3 Å². The van der Waals surface area contributed by atoms with Crippen molar-refractivity contribution in [2.45, 2.75) is 269 Å². The van der Waals surface area contributed by atoms with E-state index < -0.39 is 0 Å². The fourth-order valence-electron chi connectivity index (χ4n) is 14.9. The Bertz CT molecular complexity index is 3260. The highest BCUT2D eigenvalue weighted by Crippen LogP contribution is 2.34. The number of Topliss-reactive ketones (excluding diaryl/α,β-unsaturated/α-hetero) is 3. The fourth-order valence-corrected chi connectivity index (χ4v) is 14.9. The molecule has 5 N–H and O–H groups in total. The molecule has 5 aromatic rings. The fraction of sp³-hybridized carbons (Fsp3) is 0.656. The third-order valence-electron chi connectivity index (χ3n) is 22.0. The molecule has 0 radical (unpaired) electrons. The Morgan fingerprint density at radius 2 is 0.627 bits per heavy atom. The van der Waals surface area contributed by atoms with E-state index in [1.165, 1.54) is 115 Å². The minimum absolute atomic E-state index is 0.191. The van der Waals surface area contributed by atoms with Crippen molar-refractivity contribution in [1.29, 1.82) is 0 Å². The maximum atomic E-state index is 11.7. The van der Waals surface area contributed by atoms with Crippen molar-refractivity contribution in [2.75, 3.05) is 138 Å². The van der Waals surface area contributed by atoms with E-state index in [2.05, 4.69) is 61.5 Å². The Hall–Kier alpha value is -7.25. The Balaban J connectivity index is 0.000000298. The first-order valence-corrected chi connectivity index (χ1v) is 44.0. The van der Waals surface area contributed by atoms with Gasteiger partial charge in [0.05, 0.1) is 116 Å². The van der Waals surface area contributed by atoms with Crippen LogP contribution in [0, 0.1) is 5.92 Å². The number of benzene rings is 5. The minimum atomic E-state index is -0.191. The molecule has 0 amide bonds. The lowest BCUT2D eigenvalue weighted by Crippen LogP contribution is -2.44. The van der Waals surface area contributed by atoms with Crippen molar-refractivity contribution in [1.82, 2.24) is 16.0 Å². The Kier molecular flexibility index (Phi) is 55.7. The molecular formula is C96H154N4O18. The van der Waals surface area contributed by atoms with Crippen LogP contribution >= 0.6 is 0 Å². The number of carbonyl (C=O) groups is 3. The molecule has 1 aliphatic heterocycles. The van der Waals surface area contributed by atoms with Crippen LogP contribution in [0.25, 0.3) is 0 Å². The van der Waals surface area contributed by atoms with Crippen LogP contribution in [0.1, 0.15) is 222 Å². The number of methoxy groups -OCH3 is 10. The first kappa shape index (κ1) is 103. The van der Waals surface area contributed by atoms with Crippen LogP contribution in [-0.2, 0) is 70.2 Å². The molecule has 118 heavy (non-hydrogen) atoms. The molecule has 5 aliphatic carbocycles. The Morgan fingerprint density at radius 3 is 0.873 bits per heavy atom. The van der Waals surface area contributed by atoms with Gasteiger partial charge in [-0.3, -0.25) is 14.4 Å². The van der Waals surface area contributed by atoms with Crippen molar-refractivity contribution in [2.24, 2.45) is 11.7 Å². The van der Waals surface area contributed by atoms with E-state index >= 15 is 0 Å². The quantitative estimate of drug-likeness (QED) is 0.0270. The summed E-state index contributed by atoms with van der Waals surface area (Å²) >= 11 is 0. The predicted octanol–water partition coefficient (Wildman–Crippen LogP) is 17.5. The summed E-state index contributed by atoms with van der Waals surface area (Å²) in [5.41, 5.74) is 10.3. The minimum Gasteiger partial charge on any atom is -0.493 e. The average Bonchev–Trinajstić information content (AvgIpc) is 0.888. The van der Waals surface area contributed by atoms with Gasteiger partial charge in [-0.1, -0.05) is 109 Å².